The first-order valence-electron chi connectivity index (χ1n) is 7.05. The number of rotatable bonds is 6. The van der Waals surface area contributed by atoms with Gasteiger partial charge >= 0.3 is 5.69 Å². The van der Waals surface area contributed by atoms with Crippen molar-refractivity contribution in [1.29, 1.82) is 0 Å². The molecular weight excluding hydrogens is 332 g/mol. The van der Waals surface area contributed by atoms with E-state index in [9.17, 15) is 25.0 Å². The van der Waals surface area contributed by atoms with E-state index in [1.807, 2.05) is 0 Å². The fourth-order valence-electron chi connectivity index (χ4n) is 2.21. The first-order chi connectivity index (χ1) is 11.8. The minimum absolute atomic E-state index is 0.142. The predicted octanol–water partition coefficient (Wildman–Crippen LogP) is 1.47. The van der Waals surface area contributed by atoms with Crippen LogP contribution >= 0.6 is 0 Å². The number of carbonyl (C=O) groups excluding carboxylic acids is 1. The molecule has 11 nitrogen and oxygen atoms in total. The number of aromatic nitrogens is 2. The maximum atomic E-state index is 11.9. The van der Waals surface area contributed by atoms with Crippen molar-refractivity contribution in [2.75, 3.05) is 0 Å². The molecule has 0 aliphatic carbocycles. The summed E-state index contributed by atoms with van der Waals surface area (Å²) in [6, 6.07) is 5.92. The second kappa shape index (κ2) is 7.29. The summed E-state index contributed by atoms with van der Waals surface area (Å²) in [7, 11) is 0. The molecule has 0 aliphatic heterocycles. The SMILES string of the molecule is Cc1nn(CC(=O)NN=Cc2ccccc2[N+](=O)[O-])c(C)c1[N+](=O)[O-]. The molecule has 25 heavy (non-hydrogen) atoms. The largest absolute Gasteiger partial charge is 0.312 e. The highest BCUT2D eigenvalue weighted by molar-refractivity contribution is 5.86. The quantitative estimate of drug-likeness (QED) is 0.476. The second-order valence-electron chi connectivity index (χ2n) is 5.04. The van der Waals surface area contributed by atoms with Crippen LogP contribution in [0.5, 0.6) is 0 Å². The summed E-state index contributed by atoms with van der Waals surface area (Å²) >= 11 is 0. The number of nitrogens with one attached hydrogen (secondary N) is 1. The number of hydrogen-bond acceptors (Lipinski definition) is 7. The van der Waals surface area contributed by atoms with Gasteiger partial charge in [-0.15, -0.1) is 0 Å². The molecule has 0 bridgehead atoms. The van der Waals surface area contributed by atoms with E-state index in [-0.39, 0.29) is 34.9 Å². The zero-order valence-corrected chi connectivity index (χ0v) is 13.4. The zero-order valence-electron chi connectivity index (χ0n) is 13.4. The molecule has 0 radical (unpaired) electrons. The summed E-state index contributed by atoms with van der Waals surface area (Å²) in [4.78, 5) is 32.6. The number of nitro groups is 2. The normalized spacial score (nSPS) is 10.8. The third-order valence-electron chi connectivity index (χ3n) is 3.35. The van der Waals surface area contributed by atoms with Crippen LogP contribution in [0.2, 0.25) is 0 Å². The highest BCUT2D eigenvalue weighted by atomic mass is 16.6. The van der Waals surface area contributed by atoms with E-state index in [0.717, 1.165) is 6.21 Å². The number of nitro benzene ring substituents is 1. The van der Waals surface area contributed by atoms with Gasteiger partial charge in [0.1, 0.15) is 17.9 Å². The first kappa shape index (κ1) is 17.7. The Balaban J connectivity index is 2.06. The minimum Gasteiger partial charge on any atom is -0.271 e. The molecule has 2 aromatic rings. The van der Waals surface area contributed by atoms with E-state index in [1.54, 1.807) is 6.07 Å². The number of carbonyl (C=O) groups is 1. The number of hydrogen-bond donors (Lipinski definition) is 1. The van der Waals surface area contributed by atoms with Crippen molar-refractivity contribution in [2.24, 2.45) is 5.10 Å². The average molecular weight is 346 g/mol. The van der Waals surface area contributed by atoms with Crippen LogP contribution < -0.4 is 5.43 Å². The topological polar surface area (TPSA) is 146 Å². The van der Waals surface area contributed by atoms with E-state index in [4.69, 9.17) is 0 Å². The second-order valence-corrected chi connectivity index (χ2v) is 5.04. The van der Waals surface area contributed by atoms with E-state index in [2.05, 4.69) is 15.6 Å². The molecule has 2 rings (SSSR count). The zero-order chi connectivity index (χ0) is 18.6. The maximum Gasteiger partial charge on any atom is 0.312 e. The molecule has 0 spiro atoms. The van der Waals surface area contributed by atoms with E-state index >= 15 is 0 Å². The predicted molar refractivity (Wildman–Crippen MR) is 87.2 cm³/mol. The van der Waals surface area contributed by atoms with Gasteiger partial charge in [-0.1, -0.05) is 12.1 Å². The van der Waals surface area contributed by atoms with Gasteiger partial charge in [0.15, 0.2) is 0 Å². The smallest absolute Gasteiger partial charge is 0.271 e. The third-order valence-corrected chi connectivity index (χ3v) is 3.35. The Kier molecular flexibility index (Phi) is 5.17. The summed E-state index contributed by atoms with van der Waals surface area (Å²) in [6.07, 6.45) is 1.15. The molecule has 11 heteroatoms. The van der Waals surface area contributed by atoms with Crippen LogP contribution in [0, 0.1) is 34.1 Å². The van der Waals surface area contributed by atoms with Gasteiger partial charge in [0.05, 0.1) is 21.6 Å². The Morgan fingerprint density at radius 3 is 2.56 bits per heavy atom. The van der Waals surface area contributed by atoms with Gasteiger partial charge in [0, 0.05) is 6.07 Å². The molecule has 0 atom stereocenters. The fourth-order valence-corrected chi connectivity index (χ4v) is 2.21. The molecule has 0 saturated carbocycles. The van der Waals surface area contributed by atoms with Crippen LogP contribution in [-0.4, -0.2) is 31.7 Å². The summed E-state index contributed by atoms with van der Waals surface area (Å²) in [6.45, 7) is 2.70. The van der Waals surface area contributed by atoms with Crippen LogP contribution in [0.3, 0.4) is 0 Å². The lowest BCUT2D eigenvalue weighted by atomic mass is 10.2. The van der Waals surface area contributed by atoms with Gasteiger partial charge in [-0.25, -0.2) is 5.43 Å². The molecular formula is C14H14N6O5. The van der Waals surface area contributed by atoms with Crippen LogP contribution in [0.4, 0.5) is 11.4 Å². The molecule has 0 saturated heterocycles. The highest BCUT2D eigenvalue weighted by Gasteiger charge is 2.22. The van der Waals surface area contributed by atoms with Crippen molar-refractivity contribution < 1.29 is 14.6 Å². The van der Waals surface area contributed by atoms with Gasteiger partial charge in [0.2, 0.25) is 0 Å². The molecule has 0 aliphatic rings. The lowest BCUT2D eigenvalue weighted by Gasteiger charge is -2.02. The third kappa shape index (κ3) is 4.02. The molecule has 1 aromatic heterocycles. The van der Waals surface area contributed by atoms with Gasteiger partial charge in [-0.05, 0) is 19.9 Å². The molecule has 130 valence electrons. The van der Waals surface area contributed by atoms with Crippen LogP contribution in [-0.2, 0) is 11.3 Å². The molecule has 1 aromatic carbocycles. The molecule has 0 unspecified atom stereocenters. The van der Waals surface area contributed by atoms with Crippen molar-refractivity contribution in [3.63, 3.8) is 0 Å². The van der Waals surface area contributed by atoms with Crippen LogP contribution in [0.25, 0.3) is 0 Å². The van der Waals surface area contributed by atoms with Gasteiger partial charge in [-0.3, -0.25) is 29.7 Å². The Morgan fingerprint density at radius 1 is 1.28 bits per heavy atom. The standard InChI is InChI=1S/C14H14N6O5/c1-9-14(20(24)25)10(2)18(17-9)8-13(21)16-15-7-11-5-3-4-6-12(11)19(22)23/h3-7H,8H2,1-2H3,(H,16,21). The number of nitrogens with zero attached hydrogens (tertiary/aromatic N) is 5. The van der Waals surface area contributed by atoms with Crippen molar-refractivity contribution in [1.82, 2.24) is 15.2 Å². The van der Waals surface area contributed by atoms with E-state index in [0.29, 0.717) is 0 Å². The van der Waals surface area contributed by atoms with Crippen molar-refractivity contribution in [2.45, 2.75) is 20.4 Å². The highest BCUT2D eigenvalue weighted by Crippen LogP contribution is 2.21. The van der Waals surface area contributed by atoms with Gasteiger partial charge in [0.25, 0.3) is 11.6 Å². The van der Waals surface area contributed by atoms with Crippen molar-refractivity contribution >= 4 is 23.5 Å². The Hall–Kier alpha value is -3.63. The Bertz CT molecular complexity index is 873. The number of para-hydroxylation sites is 1. The minimum atomic E-state index is -0.574. The average Bonchev–Trinajstić information content (AvgIpc) is 2.81. The molecule has 1 amide bonds. The number of hydrazone groups is 1. The molecule has 1 N–H and O–H groups in total. The van der Waals surface area contributed by atoms with Crippen LogP contribution in [0.1, 0.15) is 17.0 Å². The van der Waals surface area contributed by atoms with Crippen molar-refractivity contribution in [3.05, 3.63) is 61.4 Å². The first-order valence-corrected chi connectivity index (χ1v) is 7.05. The number of aryl methyl sites for hydroxylation is 1. The summed E-state index contributed by atoms with van der Waals surface area (Å²) in [5.74, 6) is -0.574. The van der Waals surface area contributed by atoms with E-state index < -0.39 is 15.8 Å². The lowest BCUT2D eigenvalue weighted by molar-refractivity contribution is -0.386. The maximum absolute atomic E-state index is 11.9. The van der Waals surface area contributed by atoms with E-state index in [1.165, 1.54) is 36.7 Å². The van der Waals surface area contributed by atoms with Gasteiger partial charge < -0.3 is 0 Å². The summed E-state index contributed by atoms with van der Waals surface area (Å²) in [5, 5.41) is 29.4. The van der Waals surface area contributed by atoms with Crippen LogP contribution in [0.15, 0.2) is 29.4 Å². The number of amides is 1. The lowest BCUT2D eigenvalue weighted by Crippen LogP contribution is -2.24. The van der Waals surface area contributed by atoms with Gasteiger partial charge in [-0.2, -0.15) is 10.2 Å². The summed E-state index contributed by atoms with van der Waals surface area (Å²) in [5.41, 5.74) is 2.61. The molecule has 1 heterocycles. The molecule has 0 fully saturated rings. The Morgan fingerprint density at radius 2 is 1.96 bits per heavy atom. The fraction of sp³-hybridized carbons (Fsp3) is 0.214. The summed E-state index contributed by atoms with van der Waals surface area (Å²) < 4.78 is 1.20. The monoisotopic (exact) mass is 346 g/mol. The van der Waals surface area contributed by atoms with Crippen molar-refractivity contribution in [3.8, 4) is 0 Å². The Labute approximate surface area is 141 Å². The number of benzene rings is 1.